The maximum Gasteiger partial charge on any atom is 0.164 e. The molecule has 0 aliphatic rings. The first-order valence-electron chi connectivity index (χ1n) is 18.3. The highest BCUT2D eigenvalue weighted by atomic mass is 16.3. The largest absolute Gasteiger partial charge is 0.456 e. The highest BCUT2D eigenvalue weighted by Crippen LogP contribution is 2.43. The molecule has 0 spiro atoms. The second-order valence-corrected chi connectivity index (χ2v) is 13.3. The molecule has 0 fully saturated rings. The Bertz CT molecular complexity index is 2810. The molecule has 0 radical (unpaired) electrons. The fourth-order valence-electron chi connectivity index (χ4n) is 7.30. The lowest BCUT2D eigenvalue weighted by atomic mass is 9.84. The number of nitrogens with zero attached hydrogens (tertiary/aromatic N) is 3. The summed E-state index contributed by atoms with van der Waals surface area (Å²) in [6.07, 6.45) is 5.32. The van der Waals surface area contributed by atoms with Gasteiger partial charge in [-0.2, -0.15) is 0 Å². The lowest BCUT2D eigenvalue weighted by Gasteiger charge is -2.19. The number of rotatable bonds is 9. The molecule has 0 bridgehead atoms. The van der Waals surface area contributed by atoms with Crippen LogP contribution in [0.3, 0.4) is 0 Å². The van der Waals surface area contributed by atoms with Crippen LogP contribution in [0.25, 0.3) is 94.8 Å². The molecule has 9 rings (SSSR count). The fraction of sp³-hybridized carbons (Fsp3) is 0. The summed E-state index contributed by atoms with van der Waals surface area (Å²) in [5.41, 5.74) is 13.3. The second kappa shape index (κ2) is 14.5. The Morgan fingerprint density at radius 3 is 1.65 bits per heavy atom. The van der Waals surface area contributed by atoms with Crippen LogP contribution in [0.2, 0.25) is 0 Å². The van der Waals surface area contributed by atoms with Crippen LogP contribution >= 0.6 is 0 Å². The molecule has 0 aliphatic carbocycles. The van der Waals surface area contributed by atoms with Gasteiger partial charge in [0.05, 0.1) is 0 Å². The molecule has 55 heavy (non-hydrogen) atoms. The van der Waals surface area contributed by atoms with Gasteiger partial charge in [-0.15, -0.1) is 0 Å². The Kier molecular flexibility index (Phi) is 8.83. The highest BCUT2D eigenvalue weighted by Gasteiger charge is 2.19. The van der Waals surface area contributed by atoms with Gasteiger partial charge < -0.3 is 4.42 Å². The molecule has 4 nitrogen and oxygen atoms in total. The predicted octanol–water partition coefficient (Wildman–Crippen LogP) is 13.5. The van der Waals surface area contributed by atoms with Crippen LogP contribution in [-0.4, -0.2) is 15.0 Å². The molecule has 2 heterocycles. The van der Waals surface area contributed by atoms with Gasteiger partial charge in [-0.3, -0.25) is 0 Å². The standard InChI is InChI=1S/C51H35N3O/c1-3-17-34(4-2)49-52-50(54-51(53-49)42-25-16-27-46-48(42)41-24-14-15-26-45(41)55-46)39-30-28-35(29-31-39)40-32-43(36-18-8-5-9-19-36)47(38-22-12-7-13-23-38)44(33-40)37-20-10-6-11-21-37/h3-33H,1-2H2/b34-17+. The van der Waals surface area contributed by atoms with Crippen molar-refractivity contribution in [2.24, 2.45) is 0 Å². The molecular weight excluding hydrogens is 671 g/mol. The van der Waals surface area contributed by atoms with Crippen molar-refractivity contribution in [3.63, 3.8) is 0 Å². The lowest BCUT2D eigenvalue weighted by Crippen LogP contribution is -2.02. The molecule has 7 aromatic carbocycles. The average Bonchev–Trinajstić information content (AvgIpc) is 3.65. The molecule has 0 saturated heterocycles. The Balaban J connectivity index is 1.20. The van der Waals surface area contributed by atoms with Crippen LogP contribution in [0.15, 0.2) is 206 Å². The van der Waals surface area contributed by atoms with E-state index >= 15 is 0 Å². The number of hydrogen-bond acceptors (Lipinski definition) is 4. The van der Waals surface area contributed by atoms with Crippen molar-refractivity contribution >= 4 is 27.5 Å². The van der Waals surface area contributed by atoms with Crippen LogP contribution < -0.4 is 0 Å². The molecule has 4 heteroatoms. The van der Waals surface area contributed by atoms with Crippen molar-refractivity contribution in [1.29, 1.82) is 0 Å². The van der Waals surface area contributed by atoms with Crippen LogP contribution in [-0.2, 0) is 0 Å². The number of para-hydroxylation sites is 1. The molecule has 0 amide bonds. The summed E-state index contributed by atoms with van der Waals surface area (Å²) < 4.78 is 6.22. The number of fused-ring (bicyclic) bond motifs is 3. The highest BCUT2D eigenvalue weighted by molar-refractivity contribution is 6.11. The van der Waals surface area contributed by atoms with Gasteiger partial charge in [0.2, 0.25) is 0 Å². The Morgan fingerprint density at radius 2 is 1.02 bits per heavy atom. The Labute approximate surface area is 320 Å². The third-order valence-electron chi connectivity index (χ3n) is 9.90. The van der Waals surface area contributed by atoms with E-state index in [1.807, 2.05) is 42.5 Å². The molecule has 0 saturated carbocycles. The van der Waals surface area contributed by atoms with E-state index in [1.165, 1.54) is 22.3 Å². The number of hydrogen-bond donors (Lipinski definition) is 0. The van der Waals surface area contributed by atoms with E-state index in [-0.39, 0.29) is 0 Å². The van der Waals surface area contributed by atoms with Crippen molar-refractivity contribution in [3.05, 3.63) is 207 Å². The minimum Gasteiger partial charge on any atom is -0.456 e. The van der Waals surface area contributed by atoms with Crippen LogP contribution in [0.5, 0.6) is 0 Å². The lowest BCUT2D eigenvalue weighted by molar-refractivity contribution is 0.669. The summed E-state index contributed by atoms with van der Waals surface area (Å²) in [6.45, 7) is 7.95. The number of benzene rings is 7. The number of furan rings is 1. The van der Waals surface area contributed by atoms with Gasteiger partial charge in [0.25, 0.3) is 0 Å². The molecule has 260 valence electrons. The monoisotopic (exact) mass is 705 g/mol. The van der Waals surface area contributed by atoms with E-state index in [2.05, 4.69) is 147 Å². The second-order valence-electron chi connectivity index (χ2n) is 13.3. The van der Waals surface area contributed by atoms with Gasteiger partial charge in [-0.25, -0.2) is 15.0 Å². The van der Waals surface area contributed by atoms with Gasteiger partial charge in [0.1, 0.15) is 11.2 Å². The molecule has 2 aromatic heterocycles. The van der Waals surface area contributed by atoms with Gasteiger partial charge >= 0.3 is 0 Å². The maximum absolute atomic E-state index is 6.22. The van der Waals surface area contributed by atoms with Crippen molar-refractivity contribution in [1.82, 2.24) is 15.0 Å². The zero-order chi connectivity index (χ0) is 37.1. The quantitative estimate of drug-likeness (QED) is 0.140. The van der Waals surface area contributed by atoms with Crippen molar-refractivity contribution in [2.75, 3.05) is 0 Å². The number of allylic oxidation sites excluding steroid dienone is 4. The van der Waals surface area contributed by atoms with Gasteiger partial charge in [-0.1, -0.05) is 177 Å². The SMILES string of the molecule is C=C/C=C(\C=C)c1nc(-c2ccc(-c3cc(-c4ccccc4)c(-c4ccccc4)c(-c4ccccc4)c3)cc2)nc(-c2cccc3oc4ccccc4c23)n1. The summed E-state index contributed by atoms with van der Waals surface area (Å²) in [5, 5.41) is 1.97. The smallest absolute Gasteiger partial charge is 0.164 e. The molecule has 9 aromatic rings. The van der Waals surface area contributed by atoms with E-state index in [1.54, 1.807) is 12.2 Å². The summed E-state index contributed by atoms with van der Waals surface area (Å²) in [7, 11) is 0. The third-order valence-corrected chi connectivity index (χ3v) is 9.90. The Hall–Kier alpha value is -7.43. The van der Waals surface area contributed by atoms with Crippen molar-refractivity contribution in [2.45, 2.75) is 0 Å². The van der Waals surface area contributed by atoms with E-state index in [4.69, 9.17) is 19.4 Å². The van der Waals surface area contributed by atoms with E-state index in [0.717, 1.165) is 60.9 Å². The van der Waals surface area contributed by atoms with Crippen molar-refractivity contribution < 1.29 is 4.42 Å². The maximum atomic E-state index is 6.22. The van der Waals surface area contributed by atoms with Crippen molar-refractivity contribution in [3.8, 4) is 67.3 Å². The van der Waals surface area contributed by atoms with Crippen LogP contribution in [0.1, 0.15) is 5.82 Å². The average molecular weight is 706 g/mol. The summed E-state index contributed by atoms with van der Waals surface area (Å²) in [6, 6.07) is 59.1. The first kappa shape index (κ1) is 33.4. The first-order valence-corrected chi connectivity index (χ1v) is 18.3. The topological polar surface area (TPSA) is 51.8 Å². The zero-order valence-corrected chi connectivity index (χ0v) is 30.1. The molecule has 0 unspecified atom stereocenters. The normalized spacial score (nSPS) is 11.5. The predicted molar refractivity (Wildman–Crippen MR) is 228 cm³/mol. The summed E-state index contributed by atoms with van der Waals surface area (Å²) >= 11 is 0. The minimum atomic E-state index is 0.514. The molecule has 0 aliphatic heterocycles. The van der Waals surface area contributed by atoms with Gasteiger partial charge in [0.15, 0.2) is 17.5 Å². The fourth-order valence-corrected chi connectivity index (χ4v) is 7.30. The van der Waals surface area contributed by atoms with E-state index in [0.29, 0.717) is 17.5 Å². The Morgan fingerprint density at radius 1 is 0.455 bits per heavy atom. The number of aromatic nitrogens is 3. The van der Waals surface area contributed by atoms with Crippen LogP contribution in [0, 0.1) is 0 Å². The van der Waals surface area contributed by atoms with Crippen LogP contribution in [0.4, 0.5) is 0 Å². The van der Waals surface area contributed by atoms with E-state index < -0.39 is 0 Å². The third kappa shape index (κ3) is 6.36. The van der Waals surface area contributed by atoms with Gasteiger partial charge in [-0.05, 0) is 68.8 Å². The summed E-state index contributed by atoms with van der Waals surface area (Å²) in [5.74, 6) is 1.62. The van der Waals surface area contributed by atoms with E-state index in [9.17, 15) is 0 Å². The van der Waals surface area contributed by atoms with Gasteiger partial charge in [0, 0.05) is 27.5 Å². The molecular formula is C51H35N3O. The minimum absolute atomic E-state index is 0.514. The zero-order valence-electron chi connectivity index (χ0n) is 30.1. The molecule has 0 N–H and O–H groups in total. The molecule has 0 atom stereocenters. The summed E-state index contributed by atoms with van der Waals surface area (Å²) in [4.78, 5) is 15.0. The first-order chi connectivity index (χ1) is 27.2.